The standard InChI is InChI=1S/C26H25Cl2FN4O/c1-25(2)15-7-8-26(25,23-22(15)30-19-13-16(27)17(28)14-20(19)31-23)24(34)33-11-9-32(10-12-33)21-6-4-3-5-18(21)29/h3-6,13-15H,7-12H2,1-2H3. The normalized spacial score (nSPS) is 25.1. The molecule has 3 aromatic rings. The number of anilines is 1. The van der Waals surface area contributed by atoms with E-state index in [-0.39, 0.29) is 23.1 Å². The fraction of sp³-hybridized carbons (Fsp3) is 0.423. The molecule has 0 N–H and O–H groups in total. The number of nitrogens with zero attached hydrogens (tertiary/aromatic N) is 4. The van der Waals surface area contributed by atoms with Crippen LogP contribution in [0.3, 0.4) is 0 Å². The number of hydrogen-bond acceptors (Lipinski definition) is 4. The van der Waals surface area contributed by atoms with Crippen LogP contribution in [0.25, 0.3) is 11.0 Å². The van der Waals surface area contributed by atoms with E-state index in [1.54, 1.807) is 24.3 Å². The second-order valence-corrected chi connectivity index (χ2v) is 11.0. The number of carbonyl (C=O) groups excluding carboxylic acids is 1. The van der Waals surface area contributed by atoms with Crippen molar-refractivity contribution in [1.29, 1.82) is 0 Å². The summed E-state index contributed by atoms with van der Waals surface area (Å²) in [6.07, 6.45) is 1.66. The highest BCUT2D eigenvalue weighted by atomic mass is 35.5. The maximum Gasteiger partial charge on any atom is 0.235 e. The summed E-state index contributed by atoms with van der Waals surface area (Å²) in [5.74, 6) is 0.0458. The van der Waals surface area contributed by atoms with Crippen LogP contribution in [0.15, 0.2) is 36.4 Å². The first-order chi connectivity index (χ1) is 16.2. The van der Waals surface area contributed by atoms with Crippen LogP contribution in [0.2, 0.25) is 10.0 Å². The van der Waals surface area contributed by atoms with Gasteiger partial charge in [0.25, 0.3) is 0 Å². The summed E-state index contributed by atoms with van der Waals surface area (Å²) in [4.78, 5) is 28.1. The molecule has 1 saturated carbocycles. The molecule has 1 saturated heterocycles. The van der Waals surface area contributed by atoms with Crippen molar-refractivity contribution in [3.8, 4) is 0 Å². The molecule has 2 unspecified atom stereocenters. The smallest absolute Gasteiger partial charge is 0.235 e. The highest BCUT2D eigenvalue weighted by molar-refractivity contribution is 6.42. The van der Waals surface area contributed by atoms with E-state index in [1.165, 1.54) is 6.07 Å². The number of hydrogen-bond donors (Lipinski definition) is 0. The van der Waals surface area contributed by atoms with Gasteiger partial charge in [0.05, 0.1) is 43.6 Å². The van der Waals surface area contributed by atoms with Gasteiger partial charge < -0.3 is 9.80 Å². The monoisotopic (exact) mass is 498 g/mol. The van der Waals surface area contributed by atoms with E-state index in [1.807, 2.05) is 15.9 Å². The van der Waals surface area contributed by atoms with Crippen molar-refractivity contribution < 1.29 is 9.18 Å². The van der Waals surface area contributed by atoms with Gasteiger partial charge in [-0.3, -0.25) is 4.79 Å². The van der Waals surface area contributed by atoms with Crippen LogP contribution in [0.1, 0.15) is 44.0 Å². The Morgan fingerprint density at radius 1 is 1.03 bits per heavy atom. The topological polar surface area (TPSA) is 49.3 Å². The molecule has 176 valence electrons. The van der Waals surface area contributed by atoms with Crippen LogP contribution >= 0.6 is 23.2 Å². The van der Waals surface area contributed by atoms with E-state index in [4.69, 9.17) is 33.2 Å². The minimum Gasteiger partial charge on any atom is -0.366 e. The molecule has 0 spiro atoms. The van der Waals surface area contributed by atoms with Crippen LogP contribution in [0.5, 0.6) is 0 Å². The van der Waals surface area contributed by atoms with Crippen LogP contribution in [-0.2, 0) is 10.2 Å². The lowest BCUT2D eigenvalue weighted by molar-refractivity contribution is -0.141. The number of piperazine rings is 1. The van der Waals surface area contributed by atoms with Gasteiger partial charge in [0.15, 0.2) is 0 Å². The van der Waals surface area contributed by atoms with Crippen LogP contribution in [0.4, 0.5) is 10.1 Å². The number of benzene rings is 2. The van der Waals surface area contributed by atoms with Gasteiger partial charge in [0, 0.05) is 32.1 Å². The first-order valence-corrected chi connectivity index (χ1v) is 12.5. The van der Waals surface area contributed by atoms with Gasteiger partial charge in [0.1, 0.15) is 5.82 Å². The predicted molar refractivity (Wildman–Crippen MR) is 132 cm³/mol. The number of para-hydroxylation sites is 1. The summed E-state index contributed by atoms with van der Waals surface area (Å²) in [5, 5.41) is 0.875. The quantitative estimate of drug-likeness (QED) is 0.462. The molecule has 6 rings (SSSR count). The third-order valence-corrected chi connectivity index (χ3v) is 9.09. The van der Waals surface area contributed by atoms with Crippen LogP contribution in [0, 0.1) is 11.2 Å². The number of aromatic nitrogens is 2. The van der Waals surface area contributed by atoms with E-state index >= 15 is 0 Å². The Balaban J connectivity index is 1.36. The third-order valence-electron chi connectivity index (χ3n) is 8.37. The van der Waals surface area contributed by atoms with Gasteiger partial charge in [0.2, 0.25) is 5.91 Å². The van der Waals surface area contributed by atoms with Gasteiger partial charge in [-0.05, 0) is 42.5 Å². The summed E-state index contributed by atoms with van der Waals surface area (Å²) in [5.41, 5.74) is 2.64. The second-order valence-electron chi connectivity index (χ2n) is 10.2. The maximum atomic E-state index is 14.3. The molecular formula is C26H25Cl2FN4O. The van der Waals surface area contributed by atoms with E-state index in [0.717, 1.165) is 24.2 Å². The molecule has 1 aromatic heterocycles. The molecular weight excluding hydrogens is 474 g/mol. The zero-order chi connectivity index (χ0) is 23.8. The van der Waals surface area contributed by atoms with Gasteiger partial charge in [-0.1, -0.05) is 49.2 Å². The molecule has 2 aromatic carbocycles. The zero-order valence-electron chi connectivity index (χ0n) is 19.1. The SMILES string of the molecule is CC1(C)C2CCC1(C(=O)N1CCN(c3ccccc3F)CC1)c1nc3cc(Cl)c(Cl)cc3nc12. The highest BCUT2D eigenvalue weighted by Gasteiger charge is 2.68. The molecule has 0 radical (unpaired) electrons. The molecule has 1 amide bonds. The molecule has 2 aliphatic carbocycles. The number of fused-ring (bicyclic) bond motifs is 6. The average molecular weight is 499 g/mol. The van der Waals surface area contributed by atoms with E-state index in [9.17, 15) is 9.18 Å². The third kappa shape index (κ3) is 2.88. The number of amides is 1. The van der Waals surface area contributed by atoms with Gasteiger partial charge in [-0.2, -0.15) is 0 Å². The first-order valence-electron chi connectivity index (χ1n) is 11.7. The van der Waals surface area contributed by atoms with Crippen molar-refractivity contribution in [2.24, 2.45) is 5.41 Å². The fourth-order valence-corrected chi connectivity index (χ4v) is 6.79. The summed E-state index contributed by atoms with van der Waals surface area (Å²) >= 11 is 12.5. The predicted octanol–water partition coefficient (Wildman–Crippen LogP) is 5.58. The minimum atomic E-state index is -0.722. The summed E-state index contributed by atoms with van der Waals surface area (Å²) in [6.45, 7) is 6.63. The molecule has 3 aliphatic rings. The Bertz CT molecular complexity index is 1340. The van der Waals surface area contributed by atoms with Crippen LogP contribution in [-0.4, -0.2) is 47.0 Å². The van der Waals surface area contributed by atoms with Crippen molar-refractivity contribution in [2.45, 2.75) is 38.0 Å². The maximum absolute atomic E-state index is 14.3. The average Bonchev–Trinajstić information content (AvgIpc) is 3.19. The number of rotatable bonds is 2. The number of carbonyl (C=O) groups is 1. The van der Waals surface area contributed by atoms with Crippen molar-refractivity contribution in [2.75, 3.05) is 31.1 Å². The molecule has 2 bridgehead atoms. The Morgan fingerprint density at radius 2 is 1.68 bits per heavy atom. The molecule has 8 heteroatoms. The van der Waals surface area contributed by atoms with Crippen LogP contribution < -0.4 is 4.90 Å². The van der Waals surface area contributed by atoms with Crippen molar-refractivity contribution >= 4 is 45.8 Å². The number of halogens is 3. The van der Waals surface area contributed by atoms with Gasteiger partial charge in [-0.15, -0.1) is 0 Å². The Morgan fingerprint density at radius 3 is 2.35 bits per heavy atom. The molecule has 1 aliphatic heterocycles. The van der Waals surface area contributed by atoms with E-state index in [0.29, 0.717) is 52.9 Å². The fourth-order valence-electron chi connectivity index (χ4n) is 6.48. The van der Waals surface area contributed by atoms with Crippen molar-refractivity contribution in [1.82, 2.24) is 14.9 Å². The van der Waals surface area contributed by atoms with E-state index < -0.39 is 5.41 Å². The van der Waals surface area contributed by atoms with Gasteiger partial charge in [-0.25, -0.2) is 14.4 Å². The summed E-state index contributed by atoms with van der Waals surface area (Å²) in [7, 11) is 0. The lowest BCUT2D eigenvalue weighted by Crippen LogP contribution is -2.57. The second kappa shape index (κ2) is 7.53. The minimum absolute atomic E-state index is 0.112. The van der Waals surface area contributed by atoms with Gasteiger partial charge >= 0.3 is 0 Å². The summed E-state index contributed by atoms with van der Waals surface area (Å²) in [6, 6.07) is 10.3. The lowest BCUT2D eigenvalue weighted by atomic mass is 9.67. The zero-order valence-corrected chi connectivity index (χ0v) is 20.6. The molecule has 2 fully saturated rings. The van der Waals surface area contributed by atoms with E-state index in [2.05, 4.69) is 13.8 Å². The Kier molecular flexibility index (Phi) is 4.88. The highest BCUT2D eigenvalue weighted by Crippen LogP contribution is 2.67. The first kappa shape index (κ1) is 22.1. The Labute approximate surface area is 207 Å². The van der Waals surface area contributed by atoms with Crippen molar-refractivity contribution in [3.63, 3.8) is 0 Å². The molecule has 5 nitrogen and oxygen atoms in total. The Hall–Kier alpha value is -2.44. The molecule has 2 heterocycles. The summed E-state index contributed by atoms with van der Waals surface area (Å²) < 4.78 is 14.3. The van der Waals surface area contributed by atoms with Crippen molar-refractivity contribution in [3.05, 3.63) is 63.6 Å². The lowest BCUT2D eigenvalue weighted by Gasteiger charge is -2.43. The molecule has 2 atom stereocenters. The molecule has 34 heavy (non-hydrogen) atoms. The largest absolute Gasteiger partial charge is 0.366 e.